The van der Waals surface area contributed by atoms with Gasteiger partial charge in [-0.3, -0.25) is 29.5 Å². The first kappa shape index (κ1) is 35.3. The predicted molar refractivity (Wildman–Crippen MR) is 189 cm³/mol. The number of halogens is 1. The number of benzene rings is 2. The molecule has 4 amide bonds. The first-order valence-corrected chi connectivity index (χ1v) is 18.6. The molecule has 51 heavy (non-hydrogen) atoms. The Balaban J connectivity index is 0.806. The molecule has 4 fully saturated rings. The maximum absolute atomic E-state index is 15.9. The van der Waals surface area contributed by atoms with Crippen molar-refractivity contribution in [1.82, 2.24) is 29.8 Å². The fourth-order valence-electron chi connectivity index (χ4n) is 8.34. The van der Waals surface area contributed by atoms with Gasteiger partial charge in [-0.1, -0.05) is 30.3 Å². The zero-order valence-electron chi connectivity index (χ0n) is 29.6. The van der Waals surface area contributed by atoms with Gasteiger partial charge in [-0.25, -0.2) is 9.18 Å². The van der Waals surface area contributed by atoms with E-state index in [9.17, 15) is 19.2 Å². The van der Waals surface area contributed by atoms with Gasteiger partial charge in [-0.05, 0) is 62.9 Å². The normalized spacial score (nSPS) is 24.2. The fourth-order valence-corrected chi connectivity index (χ4v) is 8.34. The first-order valence-electron chi connectivity index (χ1n) is 18.6. The number of rotatable bonds is 9. The van der Waals surface area contributed by atoms with Crippen LogP contribution in [0.2, 0.25) is 0 Å². The Morgan fingerprint density at radius 1 is 0.882 bits per heavy atom. The molecule has 0 bridgehead atoms. The second-order valence-electron chi connectivity index (χ2n) is 14.8. The van der Waals surface area contributed by atoms with Gasteiger partial charge in [0.25, 0.3) is 5.91 Å². The lowest BCUT2D eigenvalue weighted by Crippen LogP contribution is -2.55. The van der Waals surface area contributed by atoms with E-state index in [1.54, 1.807) is 12.1 Å². The van der Waals surface area contributed by atoms with Gasteiger partial charge in [0.05, 0.1) is 12.2 Å². The summed E-state index contributed by atoms with van der Waals surface area (Å²) >= 11 is 0. The smallest absolute Gasteiger partial charge is 0.410 e. The number of ether oxygens (including phenoxy) is 1. The van der Waals surface area contributed by atoms with Crippen LogP contribution in [0.3, 0.4) is 0 Å². The van der Waals surface area contributed by atoms with E-state index in [0.717, 1.165) is 71.0 Å². The Kier molecular flexibility index (Phi) is 10.9. The molecule has 2 aromatic rings. The number of nitrogens with one attached hydrogen (secondary N) is 1. The highest BCUT2D eigenvalue weighted by molar-refractivity contribution is 6.05. The van der Waals surface area contributed by atoms with Gasteiger partial charge in [0.15, 0.2) is 5.82 Å². The molecule has 12 nitrogen and oxygen atoms in total. The van der Waals surface area contributed by atoms with Crippen LogP contribution in [0.15, 0.2) is 42.5 Å². The number of imide groups is 1. The molecular formula is C38H50FN7O5. The van der Waals surface area contributed by atoms with Crippen molar-refractivity contribution < 1.29 is 28.3 Å². The lowest BCUT2D eigenvalue weighted by Gasteiger charge is -2.41. The van der Waals surface area contributed by atoms with Crippen molar-refractivity contribution in [3.8, 4) is 0 Å². The minimum absolute atomic E-state index is 0.0421. The molecule has 5 heterocycles. The summed E-state index contributed by atoms with van der Waals surface area (Å²) < 4.78 is 21.4. The molecule has 13 heteroatoms. The number of fused-ring (bicyclic) bond motifs is 1. The molecule has 2 atom stereocenters. The van der Waals surface area contributed by atoms with Crippen LogP contribution < -0.4 is 10.2 Å². The van der Waals surface area contributed by atoms with Gasteiger partial charge >= 0.3 is 6.09 Å². The molecule has 274 valence electrons. The van der Waals surface area contributed by atoms with E-state index < -0.39 is 11.9 Å². The highest BCUT2D eigenvalue weighted by Gasteiger charge is 2.41. The van der Waals surface area contributed by atoms with Crippen molar-refractivity contribution in [1.29, 1.82) is 0 Å². The van der Waals surface area contributed by atoms with Crippen LogP contribution in [0.25, 0.3) is 0 Å². The van der Waals surface area contributed by atoms with Crippen molar-refractivity contribution in [3.63, 3.8) is 0 Å². The summed E-state index contributed by atoms with van der Waals surface area (Å²) in [5.74, 6) is -0.915. The third-order valence-electron chi connectivity index (χ3n) is 11.5. The molecule has 0 aliphatic carbocycles. The predicted octanol–water partition coefficient (Wildman–Crippen LogP) is 2.76. The number of hydrogen-bond donors (Lipinski definition) is 1. The quantitative estimate of drug-likeness (QED) is 0.395. The molecule has 5 aliphatic heterocycles. The molecule has 0 saturated carbocycles. The second-order valence-corrected chi connectivity index (χ2v) is 14.8. The summed E-state index contributed by atoms with van der Waals surface area (Å²) in [5.41, 5.74) is 2.15. The summed E-state index contributed by atoms with van der Waals surface area (Å²) in [7, 11) is 0. The molecule has 0 spiro atoms. The average Bonchev–Trinajstić information content (AvgIpc) is 3.48. The number of piperidine rings is 2. The number of nitrogens with zero attached hydrogens (tertiary/aromatic N) is 6. The van der Waals surface area contributed by atoms with Crippen LogP contribution in [-0.4, -0.2) is 139 Å². The Morgan fingerprint density at radius 3 is 2.37 bits per heavy atom. The van der Waals surface area contributed by atoms with E-state index in [4.69, 9.17) is 4.74 Å². The number of carbonyl (C=O) groups is 4. The molecule has 2 aromatic carbocycles. The molecule has 1 unspecified atom stereocenters. The molecular weight excluding hydrogens is 653 g/mol. The largest absolute Gasteiger partial charge is 0.445 e. The third kappa shape index (κ3) is 8.05. The average molecular weight is 704 g/mol. The lowest BCUT2D eigenvalue weighted by molar-refractivity contribution is -0.136. The van der Waals surface area contributed by atoms with Crippen molar-refractivity contribution >= 4 is 29.5 Å². The Labute approximate surface area is 299 Å². The van der Waals surface area contributed by atoms with Crippen LogP contribution in [0, 0.1) is 11.7 Å². The Morgan fingerprint density at radius 2 is 1.65 bits per heavy atom. The summed E-state index contributed by atoms with van der Waals surface area (Å²) in [4.78, 5) is 62.6. The molecule has 7 rings (SSSR count). The van der Waals surface area contributed by atoms with E-state index in [0.29, 0.717) is 48.5 Å². The van der Waals surface area contributed by atoms with Crippen LogP contribution in [0.5, 0.6) is 0 Å². The van der Waals surface area contributed by atoms with Crippen molar-refractivity contribution in [3.05, 3.63) is 65.0 Å². The topological polar surface area (TPSA) is 109 Å². The third-order valence-corrected chi connectivity index (χ3v) is 11.5. The van der Waals surface area contributed by atoms with Crippen molar-refractivity contribution in [2.24, 2.45) is 5.92 Å². The maximum Gasteiger partial charge on any atom is 0.410 e. The van der Waals surface area contributed by atoms with Gasteiger partial charge in [-0.15, -0.1) is 0 Å². The van der Waals surface area contributed by atoms with Gasteiger partial charge in [-0.2, -0.15) is 0 Å². The van der Waals surface area contributed by atoms with E-state index in [2.05, 4.69) is 31.8 Å². The zero-order valence-corrected chi connectivity index (χ0v) is 29.6. The number of piperazine rings is 2. The standard InChI is InChI=1S/C38H50FN7O5/c1-27-23-45(38(50)51-26-29-5-3-2-4-6-29)22-21-43(27)18-15-41-13-11-28(12-14-41)24-42-16-19-44(20-17-42)32-8-7-30-31(35(32)39)25-46(37(30)49)33-9-10-34(47)40-36(33)48/h2-8,27-28,33H,9-26H2,1H3,(H,40,47,48)/t27-,33?/m0/s1. The minimum atomic E-state index is -0.754. The van der Waals surface area contributed by atoms with Gasteiger partial charge < -0.3 is 24.3 Å². The maximum atomic E-state index is 15.9. The summed E-state index contributed by atoms with van der Waals surface area (Å²) in [6, 6.07) is 12.7. The zero-order chi connectivity index (χ0) is 35.5. The first-order chi connectivity index (χ1) is 24.7. The van der Waals surface area contributed by atoms with Gasteiger partial charge in [0.1, 0.15) is 12.6 Å². The van der Waals surface area contributed by atoms with Crippen LogP contribution in [0.4, 0.5) is 14.9 Å². The molecule has 1 N–H and O–H groups in total. The SMILES string of the molecule is C[C@H]1CN(C(=O)OCc2ccccc2)CCN1CCN1CCC(CN2CCN(c3ccc4c(c3F)CN(C3CCC(=O)NC3=O)C4=O)CC2)CC1. The monoisotopic (exact) mass is 703 g/mol. The van der Waals surface area contributed by atoms with Crippen LogP contribution in [0.1, 0.15) is 54.1 Å². The van der Waals surface area contributed by atoms with E-state index in [1.807, 2.05) is 35.2 Å². The lowest BCUT2D eigenvalue weighted by atomic mass is 9.96. The van der Waals surface area contributed by atoms with Crippen molar-refractivity contribution in [2.45, 2.75) is 57.8 Å². The van der Waals surface area contributed by atoms with Gasteiger partial charge in [0, 0.05) is 89.0 Å². The summed E-state index contributed by atoms with van der Waals surface area (Å²) in [6.07, 6.45) is 2.54. The molecule has 5 aliphatic rings. The Bertz CT molecular complexity index is 1590. The van der Waals surface area contributed by atoms with E-state index >= 15 is 4.39 Å². The Hall–Kier alpha value is -4.07. The molecule has 4 saturated heterocycles. The minimum Gasteiger partial charge on any atom is -0.445 e. The number of carbonyl (C=O) groups excluding carboxylic acids is 4. The fraction of sp³-hybridized carbons (Fsp3) is 0.579. The summed E-state index contributed by atoms with van der Waals surface area (Å²) in [6.45, 7) is 13.2. The molecule has 0 radical (unpaired) electrons. The molecule has 0 aromatic heterocycles. The van der Waals surface area contributed by atoms with Crippen molar-refractivity contribution in [2.75, 3.05) is 83.4 Å². The highest BCUT2D eigenvalue weighted by atomic mass is 19.1. The van der Waals surface area contributed by atoms with E-state index in [-0.39, 0.29) is 43.1 Å². The number of hydrogen-bond acceptors (Lipinski definition) is 9. The number of likely N-dealkylation sites (tertiary alicyclic amines) is 1. The van der Waals surface area contributed by atoms with E-state index in [1.165, 1.54) is 17.7 Å². The highest BCUT2D eigenvalue weighted by Crippen LogP contribution is 2.34. The summed E-state index contributed by atoms with van der Waals surface area (Å²) in [5, 5.41) is 2.30. The second kappa shape index (κ2) is 15.7. The van der Waals surface area contributed by atoms with Crippen LogP contribution >= 0.6 is 0 Å². The number of anilines is 1. The van der Waals surface area contributed by atoms with Crippen LogP contribution in [-0.2, 0) is 27.5 Å². The number of amides is 4. The van der Waals surface area contributed by atoms with Gasteiger partial charge in [0.2, 0.25) is 11.8 Å².